The van der Waals surface area contributed by atoms with Crippen LogP contribution in [-0.4, -0.2) is 84.6 Å². The van der Waals surface area contributed by atoms with Crippen molar-refractivity contribution in [2.45, 2.75) is 82.4 Å². The lowest BCUT2D eigenvalue weighted by molar-refractivity contribution is -0.144. The van der Waals surface area contributed by atoms with Gasteiger partial charge in [0.05, 0.1) is 18.9 Å². The van der Waals surface area contributed by atoms with E-state index in [0.717, 1.165) is 5.39 Å². The maximum Gasteiger partial charge on any atom is 0.259 e. The highest BCUT2D eigenvalue weighted by Crippen LogP contribution is 2.45. The first-order chi connectivity index (χ1) is 21.6. The van der Waals surface area contributed by atoms with Crippen molar-refractivity contribution in [1.29, 1.82) is 0 Å². The molecule has 3 N–H and O–H groups in total. The molecule has 3 fully saturated rings. The molecule has 1 aromatic heterocycles. The number of aromatic nitrogens is 1. The van der Waals surface area contributed by atoms with Crippen molar-refractivity contribution >= 4 is 44.4 Å². The number of sulfonamides is 1. The minimum atomic E-state index is -3.87. The van der Waals surface area contributed by atoms with Crippen LogP contribution in [0.1, 0.15) is 53.4 Å². The van der Waals surface area contributed by atoms with E-state index in [1.54, 1.807) is 40.1 Å². The van der Waals surface area contributed by atoms with Gasteiger partial charge in [0.15, 0.2) is 0 Å². The minimum absolute atomic E-state index is 0.00253. The van der Waals surface area contributed by atoms with Crippen LogP contribution in [0.25, 0.3) is 10.8 Å². The third-order valence-corrected chi connectivity index (χ3v) is 10.6. The van der Waals surface area contributed by atoms with Crippen molar-refractivity contribution < 1.29 is 37.1 Å². The minimum Gasteiger partial charge on any atom is -0.497 e. The molecule has 2 heterocycles. The van der Waals surface area contributed by atoms with Crippen molar-refractivity contribution in [3.05, 3.63) is 43.1 Å². The van der Waals surface area contributed by atoms with Crippen LogP contribution in [0.4, 0.5) is 0 Å². The summed E-state index contributed by atoms with van der Waals surface area (Å²) in [4.78, 5) is 59.3. The Morgan fingerprint density at radius 3 is 2.48 bits per heavy atom. The van der Waals surface area contributed by atoms with Crippen LogP contribution in [0.5, 0.6) is 11.6 Å². The SMILES string of the molecule is C=CC1CC1(NC(=O)C1CC(Oc2nccc3cc(OC)ccc23)CN1C(=O)C(NC(C)=O)C(C)(C)C)C(=O)NS(=O)(=O)C1CC1. The summed E-state index contributed by atoms with van der Waals surface area (Å²) in [5, 5.41) is 6.39. The summed E-state index contributed by atoms with van der Waals surface area (Å²) >= 11 is 0. The zero-order valence-corrected chi connectivity index (χ0v) is 27.5. The average Bonchev–Trinajstić information content (AvgIpc) is 3.91. The molecule has 2 aromatic rings. The number of amides is 4. The van der Waals surface area contributed by atoms with E-state index in [1.165, 1.54) is 17.9 Å². The molecule has 248 valence electrons. The Morgan fingerprint density at radius 1 is 1.17 bits per heavy atom. The van der Waals surface area contributed by atoms with Gasteiger partial charge in [-0.25, -0.2) is 13.4 Å². The maximum absolute atomic E-state index is 14.1. The van der Waals surface area contributed by atoms with Crippen LogP contribution in [0, 0.1) is 11.3 Å². The molecule has 0 spiro atoms. The fourth-order valence-electron chi connectivity index (χ4n) is 5.92. The van der Waals surface area contributed by atoms with Crippen LogP contribution in [0.15, 0.2) is 43.1 Å². The van der Waals surface area contributed by atoms with Crippen LogP contribution in [-0.2, 0) is 29.2 Å². The van der Waals surface area contributed by atoms with E-state index in [-0.39, 0.29) is 19.4 Å². The topological polar surface area (TPSA) is 173 Å². The quantitative estimate of drug-likeness (QED) is 0.305. The number of likely N-dealkylation sites (tertiary alicyclic amines) is 1. The molecule has 1 aliphatic heterocycles. The van der Waals surface area contributed by atoms with Crippen LogP contribution >= 0.6 is 0 Å². The Morgan fingerprint density at radius 2 is 1.89 bits per heavy atom. The number of pyridine rings is 1. The number of hydrogen-bond donors (Lipinski definition) is 3. The molecular weight excluding hydrogens is 614 g/mol. The summed E-state index contributed by atoms with van der Waals surface area (Å²) in [5.41, 5.74) is -2.23. The number of rotatable bonds is 11. The van der Waals surface area contributed by atoms with Gasteiger partial charge in [-0.1, -0.05) is 26.8 Å². The predicted octanol–water partition coefficient (Wildman–Crippen LogP) is 1.81. The second-order valence-corrected chi connectivity index (χ2v) is 15.3. The van der Waals surface area contributed by atoms with Gasteiger partial charge < -0.3 is 25.0 Å². The second kappa shape index (κ2) is 12.2. The first-order valence-electron chi connectivity index (χ1n) is 15.3. The van der Waals surface area contributed by atoms with Gasteiger partial charge in [0.2, 0.25) is 33.6 Å². The lowest BCUT2D eigenvalue weighted by atomic mass is 9.85. The summed E-state index contributed by atoms with van der Waals surface area (Å²) in [6.45, 7) is 10.5. The smallest absolute Gasteiger partial charge is 0.259 e. The molecule has 2 saturated carbocycles. The highest BCUT2D eigenvalue weighted by molar-refractivity contribution is 7.91. The molecular formula is C32H41N5O8S. The Hall–Kier alpha value is -4.20. The van der Waals surface area contributed by atoms with E-state index in [9.17, 15) is 27.6 Å². The van der Waals surface area contributed by atoms with Gasteiger partial charge >= 0.3 is 0 Å². The summed E-state index contributed by atoms with van der Waals surface area (Å²) in [5.74, 6) is -1.90. The number of methoxy groups -OCH3 is 1. The summed E-state index contributed by atoms with van der Waals surface area (Å²) in [6.07, 6.45) is 3.57. The Bertz CT molecular complexity index is 1680. The molecule has 2 aliphatic carbocycles. The van der Waals surface area contributed by atoms with Gasteiger partial charge in [-0.3, -0.25) is 23.9 Å². The third kappa shape index (κ3) is 6.67. The number of nitrogens with one attached hydrogen (secondary N) is 3. The molecule has 14 heteroatoms. The zero-order chi connectivity index (χ0) is 33.6. The first-order valence-corrected chi connectivity index (χ1v) is 16.8. The van der Waals surface area contributed by atoms with Crippen LogP contribution < -0.4 is 24.8 Å². The van der Waals surface area contributed by atoms with Gasteiger partial charge in [-0.2, -0.15) is 0 Å². The molecule has 1 aromatic carbocycles. The van der Waals surface area contributed by atoms with Crippen LogP contribution in [0.3, 0.4) is 0 Å². The number of carbonyl (C=O) groups excluding carboxylic acids is 4. The number of benzene rings is 1. The monoisotopic (exact) mass is 655 g/mol. The first kappa shape index (κ1) is 33.2. The van der Waals surface area contributed by atoms with Gasteiger partial charge in [0.1, 0.15) is 29.5 Å². The largest absolute Gasteiger partial charge is 0.497 e. The highest BCUT2D eigenvalue weighted by Gasteiger charge is 2.62. The van der Waals surface area contributed by atoms with E-state index in [4.69, 9.17) is 9.47 Å². The summed E-state index contributed by atoms with van der Waals surface area (Å²) in [6, 6.07) is 5.18. The van der Waals surface area contributed by atoms with Gasteiger partial charge in [-0.05, 0) is 54.3 Å². The Kier molecular flexibility index (Phi) is 8.79. The fraction of sp³-hybridized carbons (Fsp3) is 0.531. The molecule has 46 heavy (non-hydrogen) atoms. The zero-order valence-electron chi connectivity index (χ0n) is 26.7. The van der Waals surface area contributed by atoms with Gasteiger partial charge in [-0.15, -0.1) is 6.58 Å². The number of nitrogens with zero attached hydrogens (tertiary/aromatic N) is 2. The molecule has 4 amide bonds. The van der Waals surface area contributed by atoms with Crippen molar-refractivity contribution in [3.63, 3.8) is 0 Å². The number of carbonyl (C=O) groups is 4. The van der Waals surface area contributed by atoms with E-state index in [0.29, 0.717) is 29.9 Å². The molecule has 0 radical (unpaired) electrons. The lowest BCUT2D eigenvalue weighted by Crippen LogP contribution is -2.60. The van der Waals surface area contributed by atoms with Crippen molar-refractivity contribution in [2.75, 3.05) is 13.7 Å². The summed E-state index contributed by atoms with van der Waals surface area (Å²) in [7, 11) is -2.30. The van der Waals surface area contributed by atoms with E-state index in [2.05, 4.69) is 26.9 Å². The van der Waals surface area contributed by atoms with E-state index >= 15 is 0 Å². The molecule has 3 aliphatic rings. The molecule has 5 atom stereocenters. The third-order valence-electron chi connectivity index (χ3n) is 8.77. The number of hydrogen-bond acceptors (Lipinski definition) is 9. The number of fused-ring (bicyclic) bond motifs is 1. The molecule has 1 saturated heterocycles. The van der Waals surface area contributed by atoms with Crippen molar-refractivity contribution in [3.8, 4) is 11.6 Å². The highest BCUT2D eigenvalue weighted by atomic mass is 32.2. The molecule has 5 unspecified atom stereocenters. The molecule has 0 bridgehead atoms. The van der Waals surface area contributed by atoms with Crippen LogP contribution in [0.2, 0.25) is 0 Å². The van der Waals surface area contributed by atoms with E-state index < -0.39 is 74.0 Å². The van der Waals surface area contributed by atoms with Gasteiger partial charge in [0.25, 0.3) is 5.91 Å². The standard InChI is InChI=1S/C32H41N5O8S/c1-7-20-16-32(20,30(41)36-46(42,43)23-9-10-23)35-27(39)25-15-22(17-37(25)29(40)26(31(3,4)5)34-18(2)38)45-28-24-11-8-21(44-6)14-19(24)12-13-33-28/h7-8,11-14,20,22-23,25-26H,1,9-10,15-17H2,2-6H3,(H,34,38)(H,35,39)(H,36,41). The predicted molar refractivity (Wildman–Crippen MR) is 169 cm³/mol. The summed E-state index contributed by atoms with van der Waals surface area (Å²) < 4.78 is 38.9. The van der Waals surface area contributed by atoms with Crippen molar-refractivity contribution in [2.24, 2.45) is 11.3 Å². The van der Waals surface area contributed by atoms with Crippen molar-refractivity contribution in [1.82, 2.24) is 25.2 Å². The van der Waals surface area contributed by atoms with Gasteiger partial charge in [0, 0.05) is 30.8 Å². The maximum atomic E-state index is 14.1. The lowest BCUT2D eigenvalue weighted by Gasteiger charge is -2.35. The second-order valence-electron chi connectivity index (χ2n) is 13.4. The Labute approximate surface area is 268 Å². The Balaban J connectivity index is 1.43. The average molecular weight is 656 g/mol. The molecule has 5 rings (SSSR count). The normalized spacial score (nSPS) is 24.9. The fourth-order valence-corrected chi connectivity index (χ4v) is 7.28. The number of ether oxygens (including phenoxy) is 2. The van der Waals surface area contributed by atoms with E-state index in [1.807, 2.05) is 18.2 Å². The molecule has 13 nitrogen and oxygen atoms in total.